The van der Waals surface area contributed by atoms with E-state index in [1.54, 1.807) is 32.6 Å². The fourth-order valence-electron chi connectivity index (χ4n) is 5.32. The number of pyridine rings is 1. The molecule has 12 heteroatoms. The summed E-state index contributed by atoms with van der Waals surface area (Å²) in [6, 6.07) is 11.3. The van der Waals surface area contributed by atoms with E-state index in [4.69, 9.17) is 4.98 Å². The van der Waals surface area contributed by atoms with Crippen LogP contribution in [0.25, 0.3) is 33.4 Å². The topological polar surface area (TPSA) is 139 Å². The number of nitrogens with zero attached hydrogens (tertiary/aromatic N) is 5. The van der Waals surface area contributed by atoms with Gasteiger partial charge in [-0.05, 0) is 53.9 Å². The number of urea groups is 1. The molecule has 0 radical (unpaired) electrons. The number of nitrogens with one attached hydrogen (secondary N) is 4. The minimum atomic E-state index is -0.680. The second kappa shape index (κ2) is 11.7. The Bertz CT molecular complexity index is 2020. The smallest absolute Gasteiger partial charge is 0.323 e. The van der Waals surface area contributed by atoms with Crippen molar-refractivity contribution in [3.63, 3.8) is 0 Å². The van der Waals surface area contributed by atoms with Gasteiger partial charge in [0, 0.05) is 48.8 Å². The number of halogens is 1. The van der Waals surface area contributed by atoms with E-state index >= 15 is 4.39 Å². The maximum atomic E-state index is 15.0. The third-order valence-corrected chi connectivity index (χ3v) is 7.77. The van der Waals surface area contributed by atoms with Crippen molar-refractivity contribution in [3.05, 3.63) is 88.0 Å². The zero-order chi connectivity index (χ0) is 31.9. The highest BCUT2D eigenvalue weighted by atomic mass is 19.1. The number of amides is 2. The normalized spacial score (nSPS) is 12.9. The predicted molar refractivity (Wildman–Crippen MR) is 174 cm³/mol. The molecule has 0 saturated heterocycles. The predicted octanol–water partition coefficient (Wildman–Crippen LogP) is 5.22. The Kier molecular flexibility index (Phi) is 7.75. The van der Waals surface area contributed by atoms with Crippen molar-refractivity contribution in [2.45, 2.75) is 39.2 Å². The molecule has 230 valence electrons. The third kappa shape index (κ3) is 5.96. The van der Waals surface area contributed by atoms with E-state index in [9.17, 15) is 9.59 Å². The van der Waals surface area contributed by atoms with E-state index < -0.39 is 11.8 Å². The highest BCUT2D eigenvalue weighted by molar-refractivity contribution is 6.02. The van der Waals surface area contributed by atoms with Crippen LogP contribution in [-0.2, 0) is 25.4 Å². The number of carbonyl (C=O) groups excluding carboxylic acids is 1. The quantitative estimate of drug-likeness (QED) is 0.213. The Morgan fingerprint density at radius 1 is 0.956 bits per heavy atom. The van der Waals surface area contributed by atoms with Gasteiger partial charge in [0.15, 0.2) is 0 Å². The summed E-state index contributed by atoms with van der Waals surface area (Å²) >= 11 is 0. The van der Waals surface area contributed by atoms with E-state index in [1.807, 2.05) is 26.8 Å². The Balaban J connectivity index is 1.32. The molecule has 1 aliphatic rings. The summed E-state index contributed by atoms with van der Waals surface area (Å²) < 4.78 is 16.4. The number of aromatic nitrogens is 5. The van der Waals surface area contributed by atoms with E-state index in [1.165, 1.54) is 33.9 Å². The Morgan fingerprint density at radius 3 is 2.51 bits per heavy atom. The molecule has 0 atom stereocenters. The van der Waals surface area contributed by atoms with Crippen LogP contribution in [0.1, 0.15) is 37.7 Å². The van der Waals surface area contributed by atoms with Crippen molar-refractivity contribution in [1.29, 1.82) is 0 Å². The fourth-order valence-corrected chi connectivity index (χ4v) is 5.32. The first kappa shape index (κ1) is 29.8. The van der Waals surface area contributed by atoms with Crippen LogP contribution in [0.2, 0.25) is 0 Å². The standard InChI is InChI=1S/C33H34FN9O2/c1-33(2,3)30-37-17-26(27(41-30)20-6-7-21-15-36-11-10-18(21)12-20)40-32(45)39-25-14-19(8-9-24(25)34)23-13-22-16-38-31(35-4)42-28(22)43(5)29(23)44/h6-9,12-14,16-17,36H,10-11,15H2,1-5H3,(H,35,38,42)(H2,39,40,45). The number of hydrogen-bond acceptors (Lipinski definition) is 8. The van der Waals surface area contributed by atoms with Gasteiger partial charge < -0.3 is 21.3 Å². The molecule has 6 rings (SSSR count). The van der Waals surface area contributed by atoms with Gasteiger partial charge in [-0.25, -0.2) is 24.1 Å². The van der Waals surface area contributed by atoms with E-state index in [2.05, 4.69) is 48.4 Å². The second-order valence-corrected chi connectivity index (χ2v) is 12.0. The van der Waals surface area contributed by atoms with Crippen LogP contribution in [0.4, 0.5) is 26.5 Å². The molecule has 0 bridgehead atoms. The molecule has 11 nitrogen and oxygen atoms in total. The monoisotopic (exact) mass is 607 g/mol. The van der Waals surface area contributed by atoms with Crippen molar-refractivity contribution in [3.8, 4) is 22.4 Å². The van der Waals surface area contributed by atoms with Crippen molar-refractivity contribution in [1.82, 2.24) is 29.8 Å². The number of anilines is 3. The molecule has 1 aliphatic heterocycles. The largest absolute Gasteiger partial charge is 0.357 e. The molecule has 2 aromatic carbocycles. The summed E-state index contributed by atoms with van der Waals surface area (Å²) in [5.74, 6) is 0.359. The lowest BCUT2D eigenvalue weighted by atomic mass is 9.94. The van der Waals surface area contributed by atoms with Gasteiger partial charge in [-0.15, -0.1) is 0 Å². The van der Waals surface area contributed by atoms with Gasteiger partial charge >= 0.3 is 6.03 Å². The molecule has 4 N–H and O–H groups in total. The minimum Gasteiger partial charge on any atom is -0.357 e. The van der Waals surface area contributed by atoms with E-state index in [-0.39, 0.29) is 16.7 Å². The molecule has 0 unspecified atom stereocenters. The van der Waals surface area contributed by atoms with Crippen molar-refractivity contribution in [2.75, 3.05) is 29.5 Å². The van der Waals surface area contributed by atoms with Crippen LogP contribution in [0.3, 0.4) is 0 Å². The maximum absolute atomic E-state index is 15.0. The van der Waals surface area contributed by atoms with Crippen molar-refractivity contribution in [2.24, 2.45) is 7.05 Å². The van der Waals surface area contributed by atoms with Crippen LogP contribution in [-0.4, -0.2) is 44.1 Å². The number of benzene rings is 2. The number of carbonyl (C=O) groups is 1. The number of hydrogen-bond donors (Lipinski definition) is 4. The molecule has 0 fully saturated rings. The lowest BCUT2D eigenvalue weighted by Gasteiger charge is -2.21. The average Bonchev–Trinajstić information content (AvgIpc) is 3.03. The highest BCUT2D eigenvalue weighted by Gasteiger charge is 2.22. The molecular weight excluding hydrogens is 573 g/mol. The summed E-state index contributed by atoms with van der Waals surface area (Å²) in [6.45, 7) is 7.77. The minimum absolute atomic E-state index is 0.0935. The first-order valence-corrected chi connectivity index (χ1v) is 14.6. The van der Waals surface area contributed by atoms with Crippen molar-refractivity contribution < 1.29 is 9.18 Å². The molecule has 0 aliphatic carbocycles. The van der Waals surface area contributed by atoms with E-state index in [0.29, 0.717) is 45.3 Å². The molecule has 4 heterocycles. The molecule has 2 amide bonds. The fraction of sp³-hybridized carbons (Fsp3) is 0.273. The zero-order valence-corrected chi connectivity index (χ0v) is 25.7. The summed E-state index contributed by atoms with van der Waals surface area (Å²) in [5.41, 5.74) is 4.71. The van der Waals surface area contributed by atoms with Gasteiger partial charge in [0.1, 0.15) is 17.3 Å². The van der Waals surface area contributed by atoms with Crippen LogP contribution in [0.5, 0.6) is 0 Å². The van der Waals surface area contributed by atoms with Crippen LogP contribution < -0.4 is 26.8 Å². The van der Waals surface area contributed by atoms with Crippen LogP contribution >= 0.6 is 0 Å². The van der Waals surface area contributed by atoms with Crippen LogP contribution in [0.15, 0.2) is 59.7 Å². The molecule has 0 spiro atoms. The Morgan fingerprint density at radius 2 is 1.73 bits per heavy atom. The third-order valence-electron chi connectivity index (χ3n) is 7.77. The maximum Gasteiger partial charge on any atom is 0.323 e. The van der Waals surface area contributed by atoms with Gasteiger partial charge in [0.25, 0.3) is 5.56 Å². The zero-order valence-electron chi connectivity index (χ0n) is 25.7. The van der Waals surface area contributed by atoms with Gasteiger partial charge in [0.05, 0.1) is 23.3 Å². The second-order valence-electron chi connectivity index (χ2n) is 12.0. The lowest BCUT2D eigenvalue weighted by Crippen LogP contribution is -2.24. The summed E-state index contributed by atoms with van der Waals surface area (Å²) in [6.07, 6.45) is 4.08. The molecule has 0 saturated carbocycles. The number of rotatable bonds is 5. The van der Waals surface area contributed by atoms with Crippen LogP contribution in [0, 0.1) is 5.82 Å². The molecular formula is C33H34FN9O2. The molecule has 5 aromatic rings. The molecule has 3 aromatic heterocycles. The van der Waals surface area contributed by atoms with Gasteiger partial charge in [0.2, 0.25) is 5.95 Å². The Hall–Kier alpha value is -5.23. The highest BCUT2D eigenvalue weighted by Crippen LogP contribution is 2.32. The van der Waals surface area contributed by atoms with Crippen molar-refractivity contribution >= 4 is 34.4 Å². The van der Waals surface area contributed by atoms with Gasteiger partial charge in [-0.3, -0.25) is 9.36 Å². The Labute approximate surface area is 259 Å². The first-order valence-electron chi connectivity index (χ1n) is 14.6. The molecule has 45 heavy (non-hydrogen) atoms. The summed E-state index contributed by atoms with van der Waals surface area (Å²) in [4.78, 5) is 44.5. The number of aryl methyl sites for hydroxylation is 1. The number of fused-ring (bicyclic) bond motifs is 2. The summed E-state index contributed by atoms with van der Waals surface area (Å²) in [5, 5.41) is 12.3. The van der Waals surface area contributed by atoms with E-state index in [0.717, 1.165) is 25.1 Å². The van der Waals surface area contributed by atoms with Gasteiger partial charge in [-0.2, -0.15) is 4.98 Å². The first-order chi connectivity index (χ1) is 21.5. The van der Waals surface area contributed by atoms with Gasteiger partial charge in [-0.1, -0.05) is 39.0 Å². The average molecular weight is 608 g/mol. The lowest BCUT2D eigenvalue weighted by molar-refractivity contribution is 0.262. The SMILES string of the molecule is CNc1ncc2cc(-c3ccc(F)c(NC(=O)Nc4cnc(C(C)(C)C)nc4-c4ccc5c(c4)CCNC5)c3)c(=O)n(C)c2n1. The summed E-state index contributed by atoms with van der Waals surface area (Å²) in [7, 11) is 3.30.